The van der Waals surface area contributed by atoms with Crippen molar-refractivity contribution in [2.24, 2.45) is 0 Å². The minimum absolute atomic E-state index is 0.263. The van der Waals surface area contributed by atoms with E-state index < -0.39 is 22.2 Å². The summed E-state index contributed by atoms with van der Waals surface area (Å²) in [6.45, 7) is 2.65. The SMILES string of the molecule is CCC(C(=O)O)N(C)S(=O)(=O)N1CCCCCC1. The van der Waals surface area contributed by atoms with Gasteiger partial charge < -0.3 is 5.11 Å². The van der Waals surface area contributed by atoms with Crippen LogP contribution in [0.25, 0.3) is 0 Å². The molecule has 1 unspecified atom stereocenters. The summed E-state index contributed by atoms with van der Waals surface area (Å²) in [5, 5.41) is 9.04. The summed E-state index contributed by atoms with van der Waals surface area (Å²) in [7, 11) is -2.31. The first kappa shape index (κ1) is 15.4. The lowest BCUT2D eigenvalue weighted by atomic mass is 10.2. The second-order valence-electron chi connectivity index (χ2n) is 4.60. The average Bonchev–Trinajstić information content (AvgIpc) is 2.58. The van der Waals surface area contributed by atoms with Gasteiger partial charge in [-0.1, -0.05) is 19.8 Å². The van der Waals surface area contributed by atoms with Crippen LogP contribution in [0.2, 0.25) is 0 Å². The van der Waals surface area contributed by atoms with Gasteiger partial charge in [-0.05, 0) is 19.3 Å². The van der Waals surface area contributed by atoms with Crippen LogP contribution in [0.4, 0.5) is 0 Å². The summed E-state index contributed by atoms with van der Waals surface area (Å²) in [6, 6.07) is -0.988. The Kier molecular flexibility index (Phi) is 5.55. The molecule has 1 saturated heterocycles. The van der Waals surface area contributed by atoms with Crippen molar-refractivity contribution in [3.8, 4) is 0 Å². The molecule has 0 saturated carbocycles. The molecule has 0 aromatic carbocycles. The number of rotatable bonds is 5. The van der Waals surface area contributed by atoms with Crippen molar-refractivity contribution >= 4 is 16.2 Å². The summed E-state index contributed by atoms with van der Waals surface area (Å²) in [5.74, 6) is -1.10. The topological polar surface area (TPSA) is 77.9 Å². The quantitative estimate of drug-likeness (QED) is 0.810. The number of hydrogen-bond acceptors (Lipinski definition) is 3. The summed E-state index contributed by atoms with van der Waals surface area (Å²) in [6.07, 6.45) is 4.02. The van der Waals surface area contributed by atoms with Crippen molar-refractivity contribution in [3.05, 3.63) is 0 Å². The highest BCUT2D eigenvalue weighted by Gasteiger charge is 2.34. The van der Waals surface area contributed by atoms with Crippen molar-refractivity contribution in [3.63, 3.8) is 0 Å². The molecule has 18 heavy (non-hydrogen) atoms. The third kappa shape index (κ3) is 3.43. The number of aliphatic carboxylic acids is 1. The highest BCUT2D eigenvalue weighted by atomic mass is 32.2. The van der Waals surface area contributed by atoms with Gasteiger partial charge in [0.25, 0.3) is 10.2 Å². The molecule has 0 bridgehead atoms. The second-order valence-corrected chi connectivity index (χ2v) is 6.59. The first-order valence-corrected chi connectivity index (χ1v) is 7.77. The van der Waals surface area contributed by atoms with E-state index in [1.54, 1.807) is 6.92 Å². The Morgan fingerprint density at radius 2 is 1.78 bits per heavy atom. The van der Waals surface area contributed by atoms with Crippen molar-refractivity contribution in [1.29, 1.82) is 0 Å². The molecule has 0 aromatic heterocycles. The van der Waals surface area contributed by atoms with Crippen LogP contribution in [0.3, 0.4) is 0 Å². The van der Waals surface area contributed by atoms with Gasteiger partial charge in [0.2, 0.25) is 0 Å². The van der Waals surface area contributed by atoms with E-state index in [1.165, 1.54) is 11.4 Å². The molecule has 1 N–H and O–H groups in total. The van der Waals surface area contributed by atoms with Crippen LogP contribution in [0.5, 0.6) is 0 Å². The Hall–Kier alpha value is -0.660. The van der Waals surface area contributed by atoms with Gasteiger partial charge in [0.05, 0.1) is 0 Å². The van der Waals surface area contributed by atoms with E-state index in [1.807, 2.05) is 0 Å². The monoisotopic (exact) mass is 278 g/mol. The first-order chi connectivity index (χ1) is 8.41. The van der Waals surface area contributed by atoms with Crippen LogP contribution in [-0.2, 0) is 15.0 Å². The van der Waals surface area contributed by atoms with E-state index in [0.29, 0.717) is 13.1 Å². The number of nitrogens with zero attached hydrogens (tertiary/aromatic N) is 2. The van der Waals surface area contributed by atoms with Crippen LogP contribution in [0.1, 0.15) is 39.0 Å². The molecule has 106 valence electrons. The summed E-state index contributed by atoms with van der Waals surface area (Å²) in [4.78, 5) is 11.0. The zero-order valence-corrected chi connectivity index (χ0v) is 11.8. The lowest BCUT2D eigenvalue weighted by molar-refractivity contribution is -0.141. The molecule has 1 aliphatic rings. The second kappa shape index (κ2) is 6.49. The van der Waals surface area contributed by atoms with Gasteiger partial charge in [-0.15, -0.1) is 0 Å². The van der Waals surface area contributed by atoms with Crippen molar-refractivity contribution in [1.82, 2.24) is 8.61 Å². The van der Waals surface area contributed by atoms with Gasteiger partial charge in [0, 0.05) is 20.1 Å². The van der Waals surface area contributed by atoms with Crippen LogP contribution >= 0.6 is 0 Å². The number of likely N-dealkylation sites (N-methyl/N-ethyl adjacent to an activating group) is 1. The number of carboxylic acids is 1. The van der Waals surface area contributed by atoms with Crippen LogP contribution in [-0.4, -0.2) is 54.3 Å². The Bertz CT molecular complexity index is 375. The molecule has 1 aliphatic heterocycles. The highest BCUT2D eigenvalue weighted by Crippen LogP contribution is 2.18. The lowest BCUT2D eigenvalue weighted by Gasteiger charge is -2.29. The molecular formula is C11H22N2O4S. The van der Waals surface area contributed by atoms with E-state index in [2.05, 4.69) is 0 Å². The summed E-state index contributed by atoms with van der Waals surface area (Å²) >= 11 is 0. The van der Waals surface area contributed by atoms with Crippen LogP contribution < -0.4 is 0 Å². The lowest BCUT2D eigenvalue weighted by Crippen LogP contribution is -2.49. The Morgan fingerprint density at radius 1 is 1.28 bits per heavy atom. The third-order valence-electron chi connectivity index (χ3n) is 3.37. The average molecular weight is 278 g/mol. The molecule has 1 rings (SSSR count). The Balaban J connectivity index is 2.86. The molecule has 0 aliphatic carbocycles. The third-order valence-corrected chi connectivity index (χ3v) is 5.37. The fourth-order valence-corrected chi connectivity index (χ4v) is 3.85. The van der Waals surface area contributed by atoms with E-state index in [9.17, 15) is 13.2 Å². The van der Waals surface area contributed by atoms with Crippen molar-refractivity contribution in [2.75, 3.05) is 20.1 Å². The van der Waals surface area contributed by atoms with Gasteiger partial charge in [-0.3, -0.25) is 4.79 Å². The first-order valence-electron chi connectivity index (χ1n) is 6.37. The molecule has 1 atom stereocenters. The molecule has 6 nitrogen and oxygen atoms in total. The summed E-state index contributed by atoms with van der Waals surface area (Å²) < 4.78 is 27.1. The molecule has 0 aromatic rings. The number of carbonyl (C=O) groups is 1. The molecule has 1 heterocycles. The fraction of sp³-hybridized carbons (Fsp3) is 0.909. The maximum absolute atomic E-state index is 12.3. The minimum atomic E-state index is -3.66. The number of hydrogen-bond donors (Lipinski definition) is 1. The predicted octanol–water partition coefficient (Wildman–Crippen LogP) is 0.902. The number of carboxylic acid groups (broad SMARTS) is 1. The summed E-state index contributed by atoms with van der Waals surface area (Å²) in [5.41, 5.74) is 0. The van der Waals surface area contributed by atoms with Crippen molar-refractivity contribution in [2.45, 2.75) is 45.1 Å². The zero-order chi connectivity index (χ0) is 13.8. The molecule has 0 radical (unpaired) electrons. The maximum atomic E-state index is 12.3. The minimum Gasteiger partial charge on any atom is -0.480 e. The van der Waals surface area contributed by atoms with Crippen LogP contribution in [0.15, 0.2) is 0 Å². The Labute approximate surface area is 109 Å². The normalized spacial score (nSPS) is 20.6. The van der Waals surface area contributed by atoms with Gasteiger partial charge in [0.15, 0.2) is 0 Å². The molecule has 7 heteroatoms. The Morgan fingerprint density at radius 3 is 2.17 bits per heavy atom. The molecule has 1 fully saturated rings. The molecule has 0 spiro atoms. The fourth-order valence-electron chi connectivity index (χ4n) is 2.20. The van der Waals surface area contributed by atoms with E-state index in [4.69, 9.17) is 5.11 Å². The predicted molar refractivity (Wildman–Crippen MR) is 68.4 cm³/mol. The molecular weight excluding hydrogens is 256 g/mol. The van der Waals surface area contributed by atoms with E-state index in [0.717, 1.165) is 30.0 Å². The largest absolute Gasteiger partial charge is 0.480 e. The van der Waals surface area contributed by atoms with Gasteiger partial charge >= 0.3 is 5.97 Å². The van der Waals surface area contributed by atoms with E-state index >= 15 is 0 Å². The van der Waals surface area contributed by atoms with Crippen LogP contribution in [0, 0.1) is 0 Å². The van der Waals surface area contributed by atoms with Gasteiger partial charge in [0.1, 0.15) is 6.04 Å². The maximum Gasteiger partial charge on any atom is 0.322 e. The molecule has 0 amide bonds. The van der Waals surface area contributed by atoms with Crippen molar-refractivity contribution < 1.29 is 18.3 Å². The standard InChI is InChI=1S/C11H22N2O4S/c1-3-10(11(14)15)12(2)18(16,17)13-8-6-4-5-7-9-13/h10H,3-9H2,1-2H3,(H,14,15). The van der Waals surface area contributed by atoms with E-state index in [-0.39, 0.29) is 6.42 Å². The smallest absolute Gasteiger partial charge is 0.322 e. The zero-order valence-electron chi connectivity index (χ0n) is 11.0. The highest BCUT2D eigenvalue weighted by molar-refractivity contribution is 7.86. The van der Waals surface area contributed by atoms with Gasteiger partial charge in [-0.25, -0.2) is 0 Å². The van der Waals surface area contributed by atoms with Gasteiger partial charge in [-0.2, -0.15) is 17.0 Å².